The summed E-state index contributed by atoms with van der Waals surface area (Å²) in [5.74, 6) is 0. The van der Waals surface area contributed by atoms with E-state index in [-0.39, 0.29) is 6.10 Å². The molecule has 2 rings (SSSR count). The average Bonchev–Trinajstić information content (AvgIpc) is 2.04. The van der Waals surface area contributed by atoms with E-state index < -0.39 is 0 Å². The summed E-state index contributed by atoms with van der Waals surface area (Å²) >= 11 is 0. The Morgan fingerprint density at radius 1 is 1.17 bits per heavy atom. The van der Waals surface area contributed by atoms with Gasteiger partial charge in [0.25, 0.3) is 0 Å². The molecule has 4 heteroatoms. The zero-order chi connectivity index (χ0) is 8.39. The van der Waals surface area contributed by atoms with Gasteiger partial charge in [0.15, 0.2) is 0 Å². The Morgan fingerprint density at radius 3 is 2.42 bits per heavy atom. The van der Waals surface area contributed by atoms with E-state index in [0.717, 1.165) is 46.1 Å². The molecule has 0 amide bonds. The highest BCUT2D eigenvalue weighted by molar-refractivity contribution is 4.78. The van der Waals surface area contributed by atoms with Crippen LogP contribution in [0.1, 0.15) is 0 Å². The van der Waals surface area contributed by atoms with Crippen molar-refractivity contribution in [2.24, 2.45) is 0 Å². The lowest BCUT2D eigenvalue weighted by Crippen LogP contribution is -2.56. The Bertz CT molecular complexity index is 142. The molecule has 2 fully saturated rings. The van der Waals surface area contributed by atoms with Crippen LogP contribution < -0.4 is 0 Å². The summed E-state index contributed by atoms with van der Waals surface area (Å²) in [6, 6.07) is 0. The van der Waals surface area contributed by atoms with Crippen LogP contribution in [0.3, 0.4) is 0 Å². The molecule has 0 unspecified atom stereocenters. The number of β-amino-alcohol motifs (C(OH)–C–C–N with tert-alkyl or cyclic N) is 1. The minimum absolute atomic E-state index is 0.0777. The summed E-state index contributed by atoms with van der Waals surface area (Å²) in [6.07, 6.45) is -0.0777. The number of nitrogens with zero attached hydrogens (tertiary/aromatic N) is 2. The fourth-order valence-corrected chi connectivity index (χ4v) is 1.68. The minimum Gasteiger partial charge on any atom is -0.390 e. The van der Waals surface area contributed by atoms with Crippen molar-refractivity contribution in [3.8, 4) is 0 Å². The number of aliphatic hydroxyl groups excluding tert-OH is 1. The van der Waals surface area contributed by atoms with E-state index >= 15 is 0 Å². The van der Waals surface area contributed by atoms with Crippen LogP contribution in [0, 0.1) is 0 Å². The standard InChI is InChI=1S/C8H16N2O2/c11-8-5-10(6-8)7-9-1-3-12-4-2-9/h8,11H,1-7H2. The fraction of sp³-hybridized carbons (Fsp3) is 1.00. The SMILES string of the molecule is OC1CN(CN2CCOCC2)C1. The van der Waals surface area contributed by atoms with Gasteiger partial charge in [-0.1, -0.05) is 0 Å². The molecular formula is C8H16N2O2. The Morgan fingerprint density at radius 2 is 1.83 bits per heavy atom. The van der Waals surface area contributed by atoms with E-state index in [2.05, 4.69) is 9.80 Å². The monoisotopic (exact) mass is 172 g/mol. The van der Waals surface area contributed by atoms with Crippen LogP contribution in [-0.4, -0.2) is 67.1 Å². The lowest BCUT2D eigenvalue weighted by atomic mass is 10.2. The zero-order valence-electron chi connectivity index (χ0n) is 7.28. The summed E-state index contributed by atoms with van der Waals surface area (Å²) in [4.78, 5) is 4.63. The molecule has 70 valence electrons. The van der Waals surface area contributed by atoms with Crippen LogP contribution in [-0.2, 0) is 4.74 Å². The van der Waals surface area contributed by atoms with E-state index in [9.17, 15) is 0 Å². The highest BCUT2D eigenvalue weighted by Crippen LogP contribution is 2.08. The molecule has 0 aromatic heterocycles. The van der Waals surface area contributed by atoms with Crippen molar-refractivity contribution in [3.05, 3.63) is 0 Å². The third kappa shape index (κ3) is 1.95. The van der Waals surface area contributed by atoms with Gasteiger partial charge in [-0.3, -0.25) is 9.80 Å². The van der Waals surface area contributed by atoms with Crippen molar-refractivity contribution >= 4 is 0 Å². The first-order chi connectivity index (χ1) is 5.84. The maximum atomic E-state index is 9.06. The van der Waals surface area contributed by atoms with Crippen molar-refractivity contribution in [1.82, 2.24) is 9.80 Å². The first kappa shape index (κ1) is 8.44. The molecule has 0 radical (unpaired) electrons. The van der Waals surface area contributed by atoms with Crippen LogP contribution in [0.4, 0.5) is 0 Å². The van der Waals surface area contributed by atoms with Gasteiger partial charge in [0, 0.05) is 26.2 Å². The number of morpholine rings is 1. The van der Waals surface area contributed by atoms with Crippen LogP contribution in [0.25, 0.3) is 0 Å². The lowest BCUT2D eigenvalue weighted by Gasteiger charge is -2.40. The summed E-state index contributed by atoms with van der Waals surface area (Å²) in [6.45, 7) is 6.47. The minimum atomic E-state index is -0.0777. The quantitative estimate of drug-likeness (QED) is 0.577. The smallest absolute Gasteiger partial charge is 0.0794 e. The Balaban J connectivity index is 1.65. The third-order valence-electron chi connectivity index (χ3n) is 2.44. The van der Waals surface area contributed by atoms with Gasteiger partial charge in [-0.05, 0) is 0 Å². The summed E-state index contributed by atoms with van der Waals surface area (Å²) in [7, 11) is 0. The summed E-state index contributed by atoms with van der Waals surface area (Å²) in [5.41, 5.74) is 0. The second kappa shape index (κ2) is 3.70. The van der Waals surface area contributed by atoms with Gasteiger partial charge in [0.05, 0.1) is 26.0 Å². The van der Waals surface area contributed by atoms with Crippen molar-refractivity contribution in [2.45, 2.75) is 6.10 Å². The van der Waals surface area contributed by atoms with Gasteiger partial charge >= 0.3 is 0 Å². The second-order valence-corrected chi connectivity index (χ2v) is 3.56. The van der Waals surface area contributed by atoms with E-state index in [0.29, 0.717) is 0 Å². The highest BCUT2D eigenvalue weighted by atomic mass is 16.5. The molecule has 4 nitrogen and oxygen atoms in total. The van der Waals surface area contributed by atoms with Gasteiger partial charge in [-0.2, -0.15) is 0 Å². The first-order valence-electron chi connectivity index (χ1n) is 4.55. The van der Waals surface area contributed by atoms with Gasteiger partial charge in [-0.25, -0.2) is 0 Å². The maximum absolute atomic E-state index is 9.06. The molecule has 2 aliphatic rings. The number of rotatable bonds is 2. The molecule has 2 aliphatic heterocycles. The molecule has 2 heterocycles. The fourth-order valence-electron chi connectivity index (χ4n) is 1.68. The zero-order valence-corrected chi connectivity index (χ0v) is 7.28. The largest absolute Gasteiger partial charge is 0.390 e. The third-order valence-corrected chi connectivity index (χ3v) is 2.44. The number of aliphatic hydroxyl groups is 1. The second-order valence-electron chi connectivity index (χ2n) is 3.56. The van der Waals surface area contributed by atoms with E-state index in [1.165, 1.54) is 0 Å². The Hall–Kier alpha value is -0.160. The van der Waals surface area contributed by atoms with Crippen molar-refractivity contribution in [1.29, 1.82) is 0 Å². The van der Waals surface area contributed by atoms with Crippen LogP contribution >= 0.6 is 0 Å². The topological polar surface area (TPSA) is 35.9 Å². The average molecular weight is 172 g/mol. The van der Waals surface area contributed by atoms with Gasteiger partial charge in [-0.15, -0.1) is 0 Å². The molecule has 0 bridgehead atoms. The number of ether oxygens (including phenoxy) is 1. The Kier molecular flexibility index (Phi) is 2.60. The van der Waals surface area contributed by atoms with E-state index in [4.69, 9.17) is 9.84 Å². The predicted octanol–water partition coefficient (Wildman–Crippen LogP) is -1.05. The van der Waals surface area contributed by atoms with Crippen molar-refractivity contribution in [3.63, 3.8) is 0 Å². The highest BCUT2D eigenvalue weighted by Gasteiger charge is 2.26. The number of hydrogen-bond donors (Lipinski definition) is 1. The van der Waals surface area contributed by atoms with Crippen LogP contribution in [0.5, 0.6) is 0 Å². The molecule has 1 N–H and O–H groups in total. The molecule has 0 aromatic rings. The van der Waals surface area contributed by atoms with Gasteiger partial charge in [0.1, 0.15) is 0 Å². The van der Waals surface area contributed by atoms with Crippen molar-refractivity contribution < 1.29 is 9.84 Å². The summed E-state index contributed by atoms with van der Waals surface area (Å²) < 4.78 is 5.24. The normalized spacial score (nSPS) is 28.8. The van der Waals surface area contributed by atoms with Crippen molar-refractivity contribution in [2.75, 3.05) is 46.1 Å². The molecule has 0 atom stereocenters. The number of likely N-dealkylation sites (tertiary alicyclic amines) is 1. The maximum Gasteiger partial charge on any atom is 0.0794 e. The summed E-state index contributed by atoms with van der Waals surface area (Å²) in [5, 5.41) is 9.06. The lowest BCUT2D eigenvalue weighted by molar-refractivity contribution is -0.0520. The van der Waals surface area contributed by atoms with E-state index in [1.807, 2.05) is 0 Å². The Labute approximate surface area is 72.7 Å². The molecule has 2 saturated heterocycles. The van der Waals surface area contributed by atoms with Crippen LogP contribution in [0.15, 0.2) is 0 Å². The van der Waals surface area contributed by atoms with Crippen LogP contribution in [0.2, 0.25) is 0 Å². The molecular weight excluding hydrogens is 156 g/mol. The molecule has 0 aromatic carbocycles. The molecule has 0 spiro atoms. The predicted molar refractivity (Wildman–Crippen MR) is 44.8 cm³/mol. The van der Waals surface area contributed by atoms with Gasteiger partial charge in [0.2, 0.25) is 0 Å². The molecule has 0 aliphatic carbocycles. The van der Waals surface area contributed by atoms with Gasteiger partial charge < -0.3 is 9.84 Å². The van der Waals surface area contributed by atoms with E-state index in [1.54, 1.807) is 0 Å². The number of hydrogen-bond acceptors (Lipinski definition) is 4. The first-order valence-corrected chi connectivity index (χ1v) is 4.55. The molecule has 0 saturated carbocycles. The molecule has 12 heavy (non-hydrogen) atoms.